The molecule has 2 aromatic carbocycles. The molecule has 2 aromatic rings. The SMILES string of the molecule is CC(C)(C)NCc1ccc(OCc2cccc(F)c2)cc1. The summed E-state index contributed by atoms with van der Waals surface area (Å²) in [4.78, 5) is 0. The fourth-order valence-electron chi connectivity index (χ4n) is 1.86. The molecule has 3 heteroatoms. The number of halogens is 1. The van der Waals surface area contributed by atoms with Crippen molar-refractivity contribution < 1.29 is 9.13 Å². The molecule has 0 atom stereocenters. The van der Waals surface area contributed by atoms with Gasteiger partial charge in [-0.25, -0.2) is 4.39 Å². The van der Waals surface area contributed by atoms with E-state index in [9.17, 15) is 4.39 Å². The van der Waals surface area contributed by atoms with Gasteiger partial charge in [-0.2, -0.15) is 0 Å². The maximum Gasteiger partial charge on any atom is 0.123 e. The van der Waals surface area contributed by atoms with Crippen molar-refractivity contribution in [2.45, 2.75) is 39.5 Å². The normalized spacial score (nSPS) is 11.4. The molecule has 0 unspecified atom stereocenters. The summed E-state index contributed by atoms with van der Waals surface area (Å²) in [5.41, 5.74) is 2.14. The Balaban J connectivity index is 1.87. The third-order valence-corrected chi connectivity index (χ3v) is 3.04. The van der Waals surface area contributed by atoms with Gasteiger partial charge in [0.2, 0.25) is 0 Å². The Bertz CT molecular complexity index is 573. The summed E-state index contributed by atoms with van der Waals surface area (Å²) in [7, 11) is 0. The van der Waals surface area contributed by atoms with Crippen molar-refractivity contribution in [1.82, 2.24) is 5.32 Å². The van der Waals surface area contributed by atoms with E-state index in [1.165, 1.54) is 17.7 Å². The predicted octanol–water partition coefficient (Wildman–Crippen LogP) is 4.29. The van der Waals surface area contributed by atoms with Crippen molar-refractivity contribution >= 4 is 0 Å². The second kappa shape index (κ2) is 6.72. The van der Waals surface area contributed by atoms with Crippen LogP contribution in [0.5, 0.6) is 5.75 Å². The lowest BCUT2D eigenvalue weighted by molar-refractivity contribution is 0.305. The van der Waals surface area contributed by atoms with E-state index in [0.717, 1.165) is 17.9 Å². The van der Waals surface area contributed by atoms with Crippen LogP contribution in [0.15, 0.2) is 48.5 Å². The lowest BCUT2D eigenvalue weighted by Gasteiger charge is -2.20. The van der Waals surface area contributed by atoms with Gasteiger partial charge in [0.15, 0.2) is 0 Å². The summed E-state index contributed by atoms with van der Waals surface area (Å²) in [5, 5.41) is 3.44. The number of benzene rings is 2. The zero-order valence-corrected chi connectivity index (χ0v) is 12.8. The molecule has 0 radical (unpaired) electrons. The quantitative estimate of drug-likeness (QED) is 0.885. The van der Waals surface area contributed by atoms with E-state index in [1.807, 2.05) is 30.3 Å². The molecule has 112 valence electrons. The van der Waals surface area contributed by atoms with Gasteiger partial charge in [-0.15, -0.1) is 0 Å². The highest BCUT2D eigenvalue weighted by molar-refractivity contribution is 5.28. The Morgan fingerprint density at radius 3 is 2.33 bits per heavy atom. The second-order valence-corrected chi connectivity index (χ2v) is 6.17. The van der Waals surface area contributed by atoms with E-state index in [-0.39, 0.29) is 11.4 Å². The topological polar surface area (TPSA) is 21.3 Å². The lowest BCUT2D eigenvalue weighted by atomic mass is 10.1. The highest BCUT2D eigenvalue weighted by Gasteiger charge is 2.08. The van der Waals surface area contributed by atoms with Gasteiger partial charge in [-0.3, -0.25) is 0 Å². The van der Waals surface area contributed by atoms with E-state index in [0.29, 0.717) is 6.61 Å². The average molecular weight is 287 g/mol. The molecule has 0 saturated carbocycles. The summed E-state index contributed by atoms with van der Waals surface area (Å²) in [6, 6.07) is 14.4. The number of ether oxygens (including phenoxy) is 1. The fourth-order valence-corrected chi connectivity index (χ4v) is 1.86. The maximum absolute atomic E-state index is 13.1. The van der Waals surface area contributed by atoms with Crippen molar-refractivity contribution in [3.8, 4) is 5.75 Å². The van der Waals surface area contributed by atoms with Crippen LogP contribution < -0.4 is 10.1 Å². The number of rotatable bonds is 5. The van der Waals surface area contributed by atoms with Gasteiger partial charge in [-0.1, -0.05) is 24.3 Å². The van der Waals surface area contributed by atoms with Gasteiger partial charge < -0.3 is 10.1 Å². The molecule has 0 fully saturated rings. The number of hydrogen-bond donors (Lipinski definition) is 1. The summed E-state index contributed by atoms with van der Waals surface area (Å²) >= 11 is 0. The molecule has 0 bridgehead atoms. The summed E-state index contributed by atoms with van der Waals surface area (Å²) in [6.45, 7) is 7.63. The molecule has 0 saturated heterocycles. The van der Waals surface area contributed by atoms with E-state index < -0.39 is 0 Å². The van der Waals surface area contributed by atoms with Gasteiger partial charge in [0, 0.05) is 12.1 Å². The largest absolute Gasteiger partial charge is 0.489 e. The summed E-state index contributed by atoms with van der Waals surface area (Å²) < 4.78 is 18.7. The minimum Gasteiger partial charge on any atom is -0.489 e. The van der Waals surface area contributed by atoms with Crippen molar-refractivity contribution in [3.63, 3.8) is 0 Å². The van der Waals surface area contributed by atoms with Crippen LogP contribution in [0.4, 0.5) is 4.39 Å². The first kappa shape index (κ1) is 15.5. The molecule has 0 amide bonds. The Labute approximate surface area is 126 Å². The third-order valence-electron chi connectivity index (χ3n) is 3.04. The minimum absolute atomic E-state index is 0.104. The average Bonchev–Trinajstić information content (AvgIpc) is 2.43. The van der Waals surface area contributed by atoms with Crippen molar-refractivity contribution in [2.24, 2.45) is 0 Å². The molecule has 0 heterocycles. The molecule has 2 rings (SSSR count). The van der Waals surface area contributed by atoms with Crippen molar-refractivity contribution in [3.05, 3.63) is 65.5 Å². The molecule has 0 spiro atoms. The molecule has 0 aliphatic carbocycles. The smallest absolute Gasteiger partial charge is 0.123 e. The van der Waals surface area contributed by atoms with Crippen LogP contribution >= 0.6 is 0 Å². The molecule has 0 aromatic heterocycles. The van der Waals surface area contributed by atoms with E-state index in [1.54, 1.807) is 6.07 Å². The van der Waals surface area contributed by atoms with Crippen LogP contribution in [-0.4, -0.2) is 5.54 Å². The van der Waals surface area contributed by atoms with Crippen molar-refractivity contribution in [1.29, 1.82) is 0 Å². The molecule has 0 aliphatic rings. The Morgan fingerprint density at radius 1 is 1.00 bits per heavy atom. The van der Waals surface area contributed by atoms with Gasteiger partial charge in [0.25, 0.3) is 0 Å². The molecule has 2 nitrogen and oxygen atoms in total. The van der Waals surface area contributed by atoms with Crippen LogP contribution in [0.2, 0.25) is 0 Å². The first-order valence-electron chi connectivity index (χ1n) is 7.14. The Hall–Kier alpha value is -1.87. The molecular formula is C18H22FNO. The van der Waals surface area contributed by atoms with Crippen LogP contribution in [0.3, 0.4) is 0 Å². The Kier molecular flexibility index (Phi) is 4.97. The van der Waals surface area contributed by atoms with Crippen LogP contribution in [0.25, 0.3) is 0 Å². The zero-order valence-electron chi connectivity index (χ0n) is 12.8. The number of hydrogen-bond acceptors (Lipinski definition) is 2. The van der Waals surface area contributed by atoms with E-state index >= 15 is 0 Å². The van der Waals surface area contributed by atoms with Crippen molar-refractivity contribution in [2.75, 3.05) is 0 Å². The monoisotopic (exact) mass is 287 g/mol. The molecule has 1 N–H and O–H groups in total. The van der Waals surface area contributed by atoms with E-state index in [2.05, 4.69) is 26.1 Å². The van der Waals surface area contributed by atoms with E-state index in [4.69, 9.17) is 4.74 Å². The summed E-state index contributed by atoms with van der Waals surface area (Å²) in [5.74, 6) is 0.554. The number of nitrogens with one attached hydrogen (secondary N) is 1. The van der Waals surface area contributed by atoms with Gasteiger partial charge in [0.1, 0.15) is 18.2 Å². The zero-order chi connectivity index (χ0) is 15.3. The standard InChI is InChI=1S/C18H22FNO/c1-18(2,3)20-12-14-7-9-17(10-8-14)21-13-15-5-4-6-16(19)11-15/h4-11,20H,12-13H2,1-3H3. The fraction of sp³-hybridized carbons (Fsp3) is 0.333. The molecular weight excluding hydrogens is 265 g/mol. The maximum atomic E-state index is 13.1. The second-order valence-electron chi connectivity index (χ2n) is 6.17. The van der Waals surface area contributed by atoms with Gasteiger partial charge in [0.05, 0.1) is 0 Å². The molecule has 21 heavy (non-hydrogen) atoms. The third kappa shape index (κ3) is 5.56. The van der Waals surface area contributed by atoms with Crippen LogP contribution in [0, 0.1) is 5.82 Å². The lowest BCUT2D eigenvalue weighted by Crippen LogP contribution is -2.34. The highest BCUT2D eigenvalue weighted by atomic mass is 19.1. The van der Waals surface area contributed by atoms with Crippen LogP contribution in [-0.2, 0) is 13.2 Å². The van der Waals surface area contributed by atoms with Gasteiger partial charge in [-0.05, 0) is 56.2 Å². The highest BCUT2D eigenvalue weighted by Crippen LogP contribution is 2.15. The Morgan fingerprint density at radius 2 is 1.71 bits per heavy atom. The first-order chi connectivity index (χ1) is 9.92. The summed E-state index contributed by atoms with van der Waals surface area (Å²) in [6.07, 6.45) is 0. The molecule has 0 aliphatic heterocycles. The minimum atomic E-state index is -0.236. The first-order valence-corrected chi connectivity index (χ1v) is 7.14. The van der Waals surface area contributed by atoms with Crippen LogP contribution in [0.1, 0.15) is 31.9 Å². The van der Waals surface area contributed by atoms with Gasteiger partial charge >= 0.3 is 0 Å². The predicted molar refractivity (Wildman–Crippen MR) is 83.8 cm³/mol.